The number of carbonyl (C=O) groups excluding carboxylic acids is 1. The molecule has 2 fully saturated rings. The van der Waals surface area contributed by atoms with Gasteiger partial charge in [-0.05, 0) is 31.5 Å². The number of urea groups is 1. The van der Waals surface area contributed by atoms with E-state index in [1.54, 1.807) is 0 Å². The lowest BCUT2D eigenvalue weighted by atomic mass is 9.96. The lowest BCUT2D eigenvalue weighted by Crippen LogP contribution is -2.50. The molecule has 1 saturated carbocycles. The first-order valence-electron chi connectivity index (χ1n) is 9.85. The van der Waals surface area contributed by atoms with Gasteiger partial charge in [0.05, 0.1) is 6.04 Å². The van der Waals surface area contributed by atoms with Crippen molar-refractivity contribution < 1.29 is 4.79 Å². The minimum atomic E-state index is -0.0527. The van der Waals surface area contributed by atoms with E-state index >= 15 is 0 Å². The Morgan fingerprint density at radius 2 is 1.85 bits per heavy atom. The molecule has 1 heterocycles. The second-order valence-corrected chi connectivity index (χ2v) is 7.97. The Balaban J connectivity index is 1.62. The minimum Gasteiger partial charge on any atom is -0.336 e. The molecule has 1 aromatic rings. The molecule has 0 radical (unpaired) electrons. The van der Waals surface area contributed by atoms with Crippen LogP contribution in [0.1, 0.15) is 43.7 Å². The standard InChI is InChI=1S/C20H31ClN4O/c1-24-11-13-25(14-12-24)19(17-9-5-6-10-18(17)21)15-22-20(26)23-16-7-3-2-4-8-16/h5-6,9-10,16,19H,2-4,7-8,11-15H2,1H3,(H2,22,23,26). The largest absolute Gasteiger partial charge is 0.336 e. The Hall–Kier alpha value is -1.30. The maximum absolute atomic E-state index is 12.4. The number of hydrogen-bond donors (Lipinski definition) is 2. The van der Waals surface area contributed by atoms with Crippen molar-refractivity contribution in [3.05, 3.63) is 34.9 Å². The lowest BCUT2D eigenvalue weighted by Gasteiger charge is -2.38. The third-order valence-corrected chi connectivity index (χ3v) is 5.98. The number of halogens is 1. The van der Waals surface area contributed by atoms with Gasteiger partial charge in [0.25, 0.3) is 0 Å². The number of likely N-dealkylation sites (N-methyl/N-ethyl adjacent to an activating group) is 1. The van der Waals surface area contributed by atoms with E-state index in [0.717, 1.165) is 49.6 Å². The van der Waals surface area contributed by atoms with Gasteiger partial charge in [0.15, 0.2) is 0 Å². The Bertz CT molecular complexity index is 583. The van der Waals surface area contributed by atoms with E-state index in [0.29, 0.717) is 12.6 Å². The number of hydrogen-bond acceptors (Lipinski definition) is 3. The molecule has 0 spiro atoms. The summed E-state index contributed by atoms with van der Waals surface area (Å²) in [7, 11) is 2.15. The first kappa shape index (κ1) is 19.5. The van der Waals surface area contributed by atoms with E-state index in [2.05, 4.69) is 33.5 Å². The Morgan fingerprint density at radius 3 is 2.54 bits per heavy atom. The van der Waals surface area contributed by atoms with Crippen LogP contribution in [0.3, 0.4) is 0 Å². The summed E-state index contributed by atoms with van der Waals surface area (Å²) in [4.78, 5) is 17.2. The van der Waals surface area contributed by atoms with Crippen LogP contribution in [-0.2, 0) is 0 Å². The van der Waals surface area contributed by atoms with E-state index in [1.807, 2.05) is 18.2 Å². The number of benzene rings is 1. The summed E-state index contributed by atoms with van der Waals surface area (Å²) in [6.07, 6.45) is 5.92. The van der Waals surface area contributed by atoms with Gasteiger partial charge in [0.1, 0.15) is 0 Å². The van der Waals surface area contributed by atoms with Crippen LogP contribution in [0, 0.1) is 0 Å². The van der Waals surface area contributed by atoms with E-state index in [1.165, 1.54) is 19.3 Å². The summed E-state index contributed by atoms with van der Waals surface area (Å²) in [5, 5.41) is 7.01. The predicted octanol–water partition coefficient (Wildman–Crippen LogP) is 3.26. The zero-order valence-corrected chi connectivity index (χ0v) is 16.5. The third kappa shape index (κ3) is 5.35. The van der Waals surface area contributed by atoms with Gasteiger partial charge < -0.3 is 15.5 Å². The second-order valence-electron chi connectivity index (χ2n) is 7.57. The molecule has 6 heteroatoms. The summed E-state index contributed by atoms with van der Waals surface area (Å²) in [6, 6.07) is 8.36. The molecule has 26 heavy (non-hydrogen) atoms. The molecule has 1 aliphatic heterocycles. The van der Waals surface area contributed by atoms with Crippen LogP contribution in [0.15, 0.2) is 24.3 Å². The molecule has 2 N–H and O–H groups in total. The molecule has 3 rings (SSSR count). The van der Waals surface area contributed by atoms with Crippen molar-refractivity contribution in [2.24, 2.45) is 0 Å². The highest BCUT2D eigenvalue weighted by Gasteiger charge is 2.26. The highest BCUT2D eigenvalue weighted by molar-refractivity contribution is 6.31. The van der Waals surface area contributed by atoms with Gasteiger partial charge in [0.2, 0.25) is 0 Å². The zero-order chi connectivity index (χ0) is 18.4. The number of nitrogens with one attached hydrogen (secondary N) is 2. The molecule has 1 aliphatic carbocycles. The number of carbonyl (C=O) groups is 1. The minimum absolute atomic E-state index is 0.0527. The summed E-state index contributed by atoms with van der Waals surface area (Å²) >= 11 is 6.47. The van der Waals surface area contributed by atoms with E-state index in [-0.39, 0.29) is 12.1 Å². The molecule has 0 bridgehead atoms. The van der Waals surface area contributed by atoms with Gasteiger partial charge in [-0.3, -0.25) is 4.90 Å². The number of nitrogens with zero attached hydrogens (tertiary/aromatic N) is 2. The molecule has 5 nitrogen and oxygen atoms in total. The Labute approximate surface area is 162 Å². The van der Waals surface area contributed by atoms with Crippen LogP contribution in [-0.4, -0.2) is 61.6 Å². The predicted molar refractivity (Wildman–Crippen MR) is 107 cm³/mol. The number of piperazine rings is 1. The van der Waals surface area contributed by atoms with Crippen molar-refractivity contribution >= 4 is 17.6 Å². The van der Waals surface area contributed by atoms with Crippen molar-refractivity contribution in [3.8, 4) is 0 Å². The van der Waals surface area contributed by atoms with E-state index < -0.39 is 0 Å². The molecule has 1 unspecified atom stereocenters. The third-order valence-electron chi connectivity index (χ3n) is 5.64. The van der Waals surface area contributed by atoms with Gasteiger partial charge in [-0.15, -0.1) is 0 Å². The first-order valence-corrected chi connectivity index (χ1v) is 10.2. The Morgan fingerprint density at radius 1 is 1.15 bits per heavy atom. The molecule has 2 amide bonds. The van der Waals surface area contributed by atoms with Crippen LogP contribution in [0.25, 0.3) is 0 Å². The molecule has 1 atom stereocenters. The topological polar surface area (TPSA) is 47.6 Å². The quantitative estimate of drug-likeness (QED) is 0.826. The highest BCUT2D eigenvalue weighted by atomic mass is 35.5. The van der Waals surface area contributed by atoms with Crippen LogP contribution in [0.5, 0.6) is 0 Å². The first-order chi connectivity index (χ1) is 12.6. The van der Waals surface area contributed by atoms with Crippen LogP contribution in [0.2, 0.25) is 5.02 Å². The van der Waals surface area contributed by atoms with Crippen molar-refractivity contribution in [2.45, 2.75) is 44.2 Å². The number of amides is 2. The summed E-state index contributed by atoms with van der Waals surface area (Å²) in [6.45, 7) is 4.62. The van der Waals surface area contributed by atoms with Gasteiger partial charge in [-0.2, -0.15) is 0 Å². The van der Waals surface area contributed by atoms with Gasteiger partial charge >= 0.3 is 6.03 Å². The van der Waals surface area contributed by atoms with Crippen molar-refractivity contribution in [3.63, 3.8) is 0 Å². The lowest BCUT2D eigenvalue weighted by molar-refractivity contribution is 0.111. The monoisotopic (exact) mass is 378 g/mol. The average Bonchev–Trinajstić information content (AvgIpc) is 2.65. The normalized spacial score (nSPS) is 21.3. The van der Waals surface area contributed by atoms with Crippen LogP contribution in [0.4, 0.5) is 4.79 Å². The second kappa shape index (κ2) is 9.58. The molecule has 144 valence electrons. The van der Waals surface area contributed by atoms with Crippen molar-refractivity contribution in [1.29, 1.82) is 0 Å². The maximum atomic E-state index is 12.4. The van der Waals surface area contributed by atoms with Crippen LogP contribution >= 0.6 is 11.6 Å². The fourth-order valence-electron chi connectivity index (χ4n) is 3.99. The highest BCUT2D eigenvalue weighted by Crippen LogP contribution is 2.28. The summed E-state index contributed by atoms with van der Waals surface area (Å²) < 4.78 is 0. The fourth-order valence-corrected chi connectivity index (χ4v) is 4.25. The van der Waals surface area contributed by atoms with Crippen LogP contribution < -0.4 is 10.6 Å². The fraction of sp³-hybridized carbons (Fsp3) is 0.650. The van der Waals surface area contributed by atoms with E-state index in [4.69, 9.17) is 11.6 Å². The zero-order valence-electron chi connectivity index (χ0n) is 15.7. The molecular weight excluding hydrogens is 348 g/mol. The SMILES string of the molecule is CN1CCN(C(CNC(=O)NC2CCCCC2)c2ccccc2Cl)CC1. The smallest absolute Gasteiger partial charge is 0.315 e. The molecule has 2 aliphatic rings. The van der Waals surface area contributed by atoms with Gasteiger partial charge in [0, 0.05) is 43.8 Å². The van der Waals surface area contributed by atoms with Crippen molar-refractivity contribution in [1.82, 2.24) is 20.4 Å². The Kier molecular flexibility index (Phi) is 7.17. The molecule has 1 aromatic carbocycles. The number of rotatable bonds is 5. The molecular formula is C20H31ClN4O. The van der Waals surface area contributed by atoms with Gasteiger partial charge in [-0.25, -0.2) is 4.79 Å². The average molecular weight is 379 g/mol. The summed E-state index contributed by atoms with van der Waals surface area (Å²) in [5.74, 6) is 0. The molecule has 1 saturated heterocycles. The maximum Gasteiger partial charge on any atom is 0.315 e. The van der Waals surface area contributed by atoms with Crippen molar-refractivity contribution in [2.75, 3.05) is 39.8 Å². The van der Waals surface area contributed by atoms with Gasteiger partial charge in [-0.1, -0.05) is 49.1 Å². The summed E-state index contributed by atoms with van der Waals surface area (Å²) in [5.41, 5.74) is 1.09. The molecule has 0 aromatic heterocycles. The van der Waals surface area contributed by atoms with E-state index in [9.17, 15) is 4.79 Å².